The van der Waals surface area contributed by atoms with E-state index in [2.05, 4.69) is 29.6 Å². The number of nitrogens with zero attached hydrogens (tertiary/aromatic N) is 2. The zero-order chi connectivity index (χ0) is 21.7. The van der Waals surface area contributed by atoms with E-state index in [4.69, 9.17) is 0 Å². The van der Waals surface area contributed by atoms with E-state index in [9.17, 15) is 19.2 Å². The van der Waals surface area contributed by atoms with E-state index in [1.807, 2.05) is 12.1 Å². The number of anilines is 1. The molecule has 1 aliphatic heterocycles. The number of hydrogen-bond donors (Lipinski definition) is 2. The third-order valence-electron chi connectivity index (χ3n) is 5.01. The molecule has 156 valence electrons. The Morgan fingerprint density at radius 1 is 0.867 bits per heavy atom. The molecule has 3 rings (SSSR count). The first-order chi connectivity index (χ1) is 14.5. The van der Waals surface area contributed by atoms with Crippen molar-refractivity contribution in [1.82, 2.24) is 15.8 Å². The van der Waals surface area contributed by atoms with Gasteiger partial charge in [0.15, 0.2) is 0 Å². The molecular weight excluding hydrogens is 384 g/mol. The summed E-state index contributed by atoms with van der Waals surface area (Å²) >= 11 is 0. The molecule has 2 N–H and O–H groups in total. The molecule has 0 atom stereocenters. The second-order valence-electron chi connectivity index (χ2n) is 6.78. The van der Waals surface area contributed by atoms with E-state index in [0.29, 0.717) is 16.7 Å². The molecular formula is C22H24N4O4. The summed E-state index contributed by atoms with van der Waals surface area (Å²) in [7, 11) is 0. The maximum absolute atomic E-state index is 12.3. The molecule has 4 amide bonds. The summed E-state index contributed by atoms with van der Waals surface area (Å²) in [4.78, 5) is 52.1. The zero-order valence-corrected chi connectivity index (χ0v) is 17.0. The fourth-order valence-electron chi connectivity index (χ4n) is 3.33. The van der Waals surface area contributed by atoms with E-state index in [1.165, 1.54) is 0 Å². The van der Waals surface area contributed by atoms with Crippen LogP contribution in [0.1, 0.15) is 51.3 Å². The molecule has 0 unspecified atom stereocenters. The zero-order valence-electron chi connectivity index (χ0n) is 17.0. The van der Waals surface area contributed by atoms with Crippen LogP contribution in [0, 0.1) is 0 Å². The summed E-state index contributed by atoms with van der Waals surface area (Å²) in [6.07, 6.45) is -0.118. The second kappa shape index (κ2) is 9.21. The molecule has 30 heavy (non-hydrogen) atoms. The predicted octanol–water partition coefficient (Wildman–Crippen LogP) is 1.98. The summed E-state index contributed by atoms with van der Waals surface area (Å²) in [6.45, 7) is 5.78. The van der Waals surface area contributed by atoms with E-state index < -0.39 is 23.6 Å². The molecule has 8 heteroatoms. The van der Waals surface area contributed by atoms with Gasteiger partial charge in [0, 0.05) is 37.3 Å². The van der Waals surface area contributed by atoms with Gasteiger partial charge in [-0.15, -0.1) is 0 Å². The summed E-state index contributed by atoms with van der Waals surface area (Å²) in [5, 5.41) is 0. The number of benzene rings is 2. The van der Waals surface area contributed by atoms with Crippen molar-refractivity contribution < 1.29 is 19.2 Å². The van der Waals surface area contributed by atoms with Gasteiger partial charge in [-0.3, -0.25) is 34.9 Å². The van der Waals surface area contributed by atoms with Crippen LogP contribution in [0.5, 0.6) is 0 Å². The van der Waals surface area contributed by atoms with Crippen molar-refractivity contribution in [2.45, 2.75) is 20.3 Å². The number of hydrogen-bond acceptors (Lipinski definition) is 5. The lowest BCUT2D eigenvalue weighted by molar-refractivity contribution is -0.121. The maximum Gasteiger partial charge on any atom is 0.269 e. The molecule has 8 nitrogen and oxygen atoms in total. The number of carbonyl (C=O) groups excluding carboxylic acids is 4. The minimum absolute atomic E-state index is 0.0629. The monoisotopic (exact) mass is 408 g/mol. The fourth-order valence-corrected chi connectivity index (χ4v) is 3.33. The number of hydrazine groups is 1. The van der Waals surface area contributed by atoms with Crippen LogP contribution in [0.15, 0.2) is 48.5 Å². The number of rotatable bonds is 7. The Morgan fingerprint density at radius 2 is 1.43 bits per heavy atom. The van der Waals surface area contributed by atoms with Gasteiger partial charge in [-0.05, 0) is 50.2 Å². The van der Waals surface area contributed by atoms with Gasteiger partial charge >= 0.3 is 0 Å². The van der Waals surface area contributed by atoms with Crippen LogP contribution in [0.2, 0.25) is 0 Å². The molecule has 0 radical (unpaired) electrons. The first kappa shape index (κ1) is 21.0. The average Bonchev–Trinajstić information content (AvgIpc) is 3.02. The van der Waals surface area contributed by atoms with Gasteiger partial charge in [0.25, 0.3) is 17.7 Å². The molecule has 1 aliphatic rings. The Balaban J connectivity index is 1.49. The number of nitrogens with one attached hydrogen (secondary N) is 2. The van der Waals surface area contributed by atoms with Crippen molar-refractivity contribution in [1.29, 1.82) is 0 Å². The molecule has 0 saturated heterocycles. The highest BCUT2D eigenvalue weighted by molar-refractivity contribution is 6.21. The van der Waals surface area contributed by atoms with Crippen molar-refractivity contribution in [2.75, 3.05) is 24.5 Å². The minimum atomic E-state index is -0.500. The van der Waals surface area contributed by atoms with Crippen molar-refractivity contribution >= 4 is 29.3 Å². The third-order valence-corrected chi connectivity index (χ3v) is 5.01. The van der Waals surface area contributed by atoms with Crippen molar-refractivity contribution in [3.8, 4) is 0 Å². The van der Waals surface area contributed by atoms with Crippen LogP contribution in [0.25, 0.3) is 0 Å². The number of carbonyl (C=O) groups is 4. The van der Waals surface area contributed by atoms with Crippen molar-refractivity contribution in [3.05, 3.63) is 65.2 Å². The second-order valence-corrected chi connectivity index (χ2v) is 6.78. The quantitative estimate of drug-likeness (QED) is 0.539. The van der Waals surface area contributed by atoms with Crippen LogP contribution in [-0.4, -0.2) is 48.2 Å². The van der Waals surface area contributed by atoms with Gasteiger partial charge < -0.3 is 4.90 Å². The Bertz CT molecular complexity index is 932. The normalized spacial score (nSPS) is 12.5. The SMILES string of the molecule is CCN(CC)c1ccc(C(=O)NNC(=O)CCN2C(=O)c3ccccc3C2=O)cc1. The standard InChI is InChI=1S/C22H24N4O4/c1-3-25(4-2)16-11-9-15(10-12-16)20(28)24-23-19(27)13-14-26-21(29)17-7-5-6-8-18(17)22(26)30/h5-12H,3-4,13-14H2,1-2H3,(H,23,27)(H,24,28). The first-order valence-corrected chi connectivity index (χ1v) is 9.85. The highest BCUT2D eigenvalue weighted by Gasteiger charge is 2.34. The Kier molecular flexibility index (Phi) is 6.46. The largest absolute Gasteiger partial charge is 0.372 e. The lowest BCUT2D eigenvalue weighted by Crippen LogP contribution is -2.43. The molecule has 0 aromatic heterocycles. The smallest absolute Gasteiger partial charge is 0.269 e. The highest BCUT2D eigenvalue weighted by Crippen LogP contribution is 2.22. The van der Waals surface area contributed by atoms with E-state index in [1.54, 1.807) is 36.4 Å². The predicted molar refractivity (Wildman–Crippen MR) is 112 cm³/mol. The van der Waals surface area contributed by atoms with E-state index in [0.717, 1.165) is 23.7 Å². The fraction of sp³-hybridized carbons (Fsp3) is 0.273. The van der Waals surface area contributed by atoms with Gasteiger partial charge in [-0.25, -0.2) is 0 Å². The lowest BCUT2D eigenvalue weighted by Gasteiger charge is -2.21. The van der Waals surface area contributed by atoms with Crippen LogP contribution in [-0.2, 0) is 4.79 Å². The van der Waals surface area contributed by atoms with Gasteiger partial charge in [-0.1, -0.05) is 12.1 Å². The first-order valence-electron chi connectivity index (χ1n) is 9.85. The van der Waals surface area contributed by atoms with Gasteiger partial charge in [0.1, 0.15) is 0 Å². The van der Waals surface area contributed by atoms with Crippen molar-refractivity contribution in [3.63, 3.8) is 0 Å². The average molecular weight is 408 g/mol. The summed E-state index contributed by atoms with van der Waals surface area (Å²) < 4.78 is 0. The molecule has 0 aliphatic carbocycles. The topological polar surface area (TPSA) is 98.8 Å². The molecule has 2 aromatic rings. The number of amides is 4. The lowest BCUT2D eigenvalue weighted by atomic mass is 10.1. The third kappa shape index (κ3) is 4.32. The Morgan fingerprint density at radius 3 is 1.97 bits per heavy atom. The van der Waals surface area contributed by atoms with E-state index in [-0.39, 0.29) is 13.0 Å². The van der Waals surface area contributed by atoms with Crippen LogP contribution in [0.4, 0.5) is 5.69 Å². The highest BCUT2D eigenvalue weighted by atomic mass is 16.2. The number of imide groups is 1. The molecule has 0 spiro atoms. The number of fused-ring (bicyclic) bond motifs is 1. The van der Waals surface area contributed by atoms with Gasteiger partial charge in [-0.2, -0.15) is 0 Å². The van der Waals surface area contributed by atoms with E-state index >= 15 is 0 Å². The minimum Gasteiger partial charge on any atom is -0.372 e. The summed E-state index contributed by atoms with van der Waals surface area (Å²) in [6, 6.07) is 13.6. The van der Waals surface area contributed by atoms with Gasteiger partial charge in [0.05, 0.1) is 11.1 Å². The molecule has 0 saturated carbocycles. The Labute approximate surface area is 174 Å². The summed E-state index contributed by atoms with van der Waals surface area (Å²) in [5.74, 6) is -1.78. The van der Waals surface area contributed by atoms with Crippen LogP contribution >= 0.6 is 0 Å². The van der Waals surface area contributed by atoms with Gasteiger partial charge in [0.2, 0.25) is 5.91 Å². The Hall–Kier alpha value is -3.68. The molecule has 2 aromatic carbocycles. The van der Waals surface area contributed by atoms with Crippen LogP contribution in [0.3, 0.4) is 0 Å². The molecule has 0 bridgehead atoms. The van der Waals surface area contributed by atoms with Crippen LogP contribution < -0.4 is 15.8 Å². The maximum atomic E-state index is 12.3. The summed E-state index contributed by atoms with van der Waals surface area (Å²) in [5.41, 5.74) is 6.77. The van der Waals surface area contributed by atoms with Crippen molar-refractivity contribution in [2.24, 2.45) is 0 Å². The molecule has 0 fully saturated rings. The molecule has 1 heterocycles.